The van der Waals surface area contributed by atoms with Gasteiger partial charge in [0, 0.05) is 31.3 Å². The minimum atomic E-state index is -0.0794. The molecule has 1 aliphatic heterocycles. The quantitative estimate of drug-likeness (QED) is 0.786. The van der Waals surface area contributed by atoms with E-state index in [1.54, 1.807) is 24.0 Å². The monoisotopic (exact) mass is 368 g/mol. The molecule has 0 radical (unpaired) electrons. The fraction of sp³-hybridized carbons (Fsp3) is 0.333. The zero-order chi connectivity index (χ0) is 19.2. The van der Waals surface area contributed by atoms with E-state index in [2.05, 4.69) is 0 Å². The third kappa shape index (κ3) is 4.58. The Hall–Kier alpha value is -3.02. The van der Waals surface area contributed by atoms with Crippen LogP contribution in [0.1, 0.15) is 12.0 Å². The number of hydrogen-bond donors (Lipinski definition) is 0. The predicted octanol–water partition coefficient (Wildman–Crippen LogP) is 2.51. The first-order chi connectivity index (χ1) is 13.1. The average molecular weight is 368 g/mol. The van der Waals surface area contributed by atoms with Crippen molar-refractivity contribution in [3.8, 4) is 11.5 Å². The molecule has 2 aromatic carbocycles. The number of aryl methyl sites for hydroxylation is 1. The van der Waals surface area contributed by atoms with Crippen LogP contribution in [0, 0.1) is 0 Å². The van der Waals surface area contributed by atoms with Gasteiger partial charge in [-0.2, -0.15) is 0 Å². The van der Waals surface area contributed by atoms with Crippen LogP contribution in [-0.4, -0.2) is 50.6 Å². The molecule has 3 rings (SSSR count). The molecular weight excluding hydrogens is 344 g/mol. The van der Waals surface area contributed by atoms with Crippen LogP contribution in [0.2, 0.25) is 0 Å². The van der Waals surface area contributed by atoms with Gasteiger partial charge in [0.25, 0.3) is 0 Å². The molecule has 0 unspecified atom stereocenters. The number of rotatable bonds is 6. The van der Waals surface area contributed by atoms with E-state index in [-0.39, 0.29) is 18.4 Å². The second-order valence-corrected chi connectivity index (χ2v) is 6.41. The van der Waals surface area contributed by atoms with Crippen molar-refractivity contribution in [3.63, 3.8) is 0 Å². The molecule has 0 saturated carbocycles. The van der Waals surface area contributed by atoms with Gasteiger partial charge < -0.3 is 19.3 Å². The molecule has 0 bridgehead atoms. The van der Waals surface area contributed by atoms with Crippen LogP contribution in [0.3, 0.4) is 0 Å². The van der Waals surface area contributed by atoms with Crippen molar-refractivity contribution in [2.75, 3.05) is 38.8 Å². The van der Waals surface area contributed by atoms with Crippen molar-refractivity contribution in [1.82, 2.24) is 4.90 Å². The van der Waals surface area contributed by atoms with E-state index in [4.69, 9.17) is 9.47 Å². The number of amides is 2. The topological polar surface area (TPSA) is 59.1 Å². The molecule has 2 aromatic rings. The molecule has 2 amide bonds. The van der Waals surface area contributed by atoms with Gasteiger partial charge in [-0.15, -0.1) is 0 Å². The number of nitrogens with zero attached hydrogens (tertiary/aromatic N) is 2. The summed E-state index contributed by atoms with van der Waals surface area (Å²) in [5, 5.41) is 0. The normalized spacial score (nSPS) is 14.2. The first kappa shape index (κ1) is 18.8. The Morgan fingerprint density at radius 3 is 2.41 bits per heavy atom. The van der Waals surface area contributed by atoms with Crippen molar-refractivity contribution in [2.24, 2.45) is 0 Å². The van der Waals surface area contributed by atoms with Crippen LogP contribution >= 0.6 is 0 Å². The summed E-state index contributed by atoms with van der Waals surface area (Å²) in [5.41, 5.74) is 1.84. The zero-order valence-electron chi connectivity index (χ0n) is 15.7. The minimum absolute atomic E-state index is 0.00328. The van der Waals surface area contributed by atoms with Gasteiger partial charge in [-0.1, -0.05) is 18.2 Å². The number of ether oxygens (including phenoxy) is 2. The number of methoxy groups -OCH3 is 2. The van der Waals surface area contributed by atoms with E-state index in [1.165, 1.54) is 0 Å². The van der Waals surface area contributed by atoms with Gasteiger partial charge in [-0.05, 0) is 36.2 Å². The maximum Gasteiger partial charge on any atom is 0.246 e. The molecule has 0 N–H and O–H groups in total. The highest BCUT2D eigenvalue weighted by molar-refractivity contribution is 5.98. The van der Waals surface area contributed by atoms with Crippen molar-refractivity contribution >= 4 is 17.5 Å². The van der Waals surface area contributed by atoms with Gasteiger partial charge in [-0.3, -0.25) is 9.59 Å². The smallest absolute Gasteiger partial charge is 0.246 e. The summed E-state index contributed by atoms with van der Waals surface area (Å²) >= 11 is 0. The molecule has 1 aliphatic rings. The van der Waals surface area contributed by atoms with Crippen molar-refractivity contribution in [2.45, 2.75) is 12.8 Å². The van der Waals surface area contributed by atoms with Gasteiger partial charge in [0.05, 0.1) is 14.2 Å². The first-order valence-corrected chi connectivity index (χ1v) is 8.96. The number of anilines is 1. The van der Waals surface area contributed by atoms with Crippen molar-refractivity contribution in [1.29, 1.82) is 0 Å². The van der Waals surface area contributed by atoms with Gasteiger partial charge in [0.1, 0.15) is 18.0 Å². The van der Waals surface area contributed by atoms with E-state index in [1.807, 2.05) is 48.5 Å². The number of piperazine rings is 1. The standard InChI is InChI=1S/C21H24N2O4/c1-26-18-7-3-5-16(13-18)9-10-20(24)22-11-12-23(21(25)15-22)17-6-4-8-19(14-17)27-2/h3-8,13-14H,9-12,15H2,1-2H3. The maximum atomic E-state index is 12.5. The lowest BCUT2D eigenvalue weighted by Crippen LogP contribution is -2.52. The molecular formula is C21H24N2O4. The minimum Gasteiger partial charge on any atom is -0.497 e. The number of benzene rings is 2. The Morgan fingerprint density at radius 1 is 1.00 bits per heavy atom. The van der Waals surface area contributed by atoms with E-state index in [0.29, 0.717) is 31.7 Å². The highest BCUT2D eigenvalue weighted by Crippen LogP contribution is 2.23. The van der Waals surface area contributed by atoms with Crippen LogP contribution in [-0.2, 0) is 16.0 Å². The Morgan fingerprint density at radius 2 is 1.70 bits per heavy atom. The summed E-state index contributed by atoms with van der Waals surface area (Å²) in [4.78, 5) is 28.4. The third-order valence-electron chi connectivity index (χ3n) is 4.70. The Kier molecular flexibility index (Phi) is 5.96. The largest absolute Gasteiger partial charge is 0.497 e. The average Bonchev–Trinajstić information content (AvgIpc) is 2.72. The predicted molar refractivity (Wildman–Crippen MR) is 103 cm³/mol. The van der Waals surface area contributed by atoms with E-state index >= 15 is 0 Å². The molecule has 1 saturated heterocycles. The van der Waals surface area contributed by atoms with E-state index in [9.17, 15) is 9.59 Å². The molecule has 6 nitrogen and oxygen atoms in total. The highest BCUT2D eigenvalue weighted by Gasteiger charge is 2.27. The van der Waals surface area contributed by atoms with Crippen LogP contribution in [0.5, 0.6) is 11.5 Å². The molecule has 6 heteroatoms. The summed E-state index contributed by atoms with van der Waals surface area (Å²) in [6.07, 6.45) is 1.000. The number of carbonyl (C=O) groups is 2. The van der Waals surface area contributed by atoms with Gasteiger partial charge in [0.2, 0.25) is 11.8 Å². The van der Waals surface area contributed by atoms with Gasteiger partial charge in [-0.25, -0.2) is 0 Å². The first-order valence-electron chi connectivity index (χ1n) is 8.96. The van der Waals surface area contributed by atoms with Crippen LogP contribution in [0.25, 0.3) is 0 Å². The van der Waals surface area contributed by atoms with E-state index in [0.717, 1.165) is 17.0 Å². The highest BCUT2D eigenvalue weighted by atomic mass is 16.5. The Bertz CT molecular complexity index is 821. The zero-order valence-corrected chi connectivity index (χ0v) is 15.7. The second-order valence-electron chi connectivity index (χ2n) is 6.41. The molecule has 0 aliphatic carbocycles. The molecule has 0 spiro atoms. The second kappa shape index (κ2) is 8.58. The van der Waals surface area contributed by atoms with Crippen LogP contribution in [0.4, 0.5) is 5.69 Å². The lowest BCUT2D eigenvalue weighted by Gasteiger charge is -2.34. The lowest BCUT2D eigenvalue weighted by molar-refractivity contribution is -0.136. The molecule has 27 heavy (non-hydrogen) atoms. The summed E-state index contributed by atoms with van der Waals surface area (Å²) in [6.45, 7) is 1.12. The van der Waals surface area contributed by atoms with Crippen molar-refractivity contribution < 1.29 is 19.1 Å². The Labute approximate surface area is 159 Å². The third-order valence-corrected chi connectivity index (χ3v) is 4.70. The van der Waals surface area contributed by atoms with Gasteiger partial charge >= 0.3 is 0 Å². The molecule has 0 aromatic heterocycles. The fourth-order valence-electron chi connectivity index (χ4n) is 3.17. The van der Waals surface area contributed by atoms with E-state index < -0.39 is 0 Å². The fourth-order valence-corrected chi connectivity index (χ4v) is 3.17. The number of hydrogen-bond acceptors (Lipinski definition) is 4. The lowest BCUT2D eigenvalue weighted by atomic mass is 10.1. The SMILES string of the molecule is COc1cccc(CCC(=O)N2CCN(c3cccc(OC)c3)C(=O)C2)c1. The summed E-state index contributed by atoms with van der Waals surface area (Å²) < 4.78 is 10.4. The van der Waals surface area contributed by atoms with Gasteiger partial charge in [0.15, 0.2) is 0 Å². The van der Waals surface area contributed by atoms with Crippen LogP contribution in [0.15, 0.2) is 48.5 Å². The molecule has 1 fully saturated rings. The molecule has 1 heterocycles. The number of carbonyl (C=O) groups excluding carboxylic acids is 2. The summed E-state index contributed by atoms with van der Waals surface area (Å²) in [5.74, 6) is 1.40. The summed E-state index contributed by atoms with van der Waals surface area (Å²) in [6, 6.07) is 15.1. The van der Waals surface area contributed by atoms with Crippen LogP contribution < -0.4 is 14.4 Å². The molecule has 0 atom stereocenters. The summed E-state index contributed by atoms with van der Waals surface area (Å²) in [7, 11) is 3.22. The Balaban J connectivity index is 1.56. The maximum absolute atomic E-state index is 12.5. The molecule has 142 valence electrons. The van der Waals surface area contributed by atoms with Crippen molar-refractivity contribution in [3.05, 3.63) is 54.1 Å².